The molecule has 0 aliphatic carbocycles. The lowest BCUT2D eigenvalue weighted by Gasteiger charge is -2.38. The van der Waals surface area contributed by atoms with E-state index >= 15 is 0 Å². The Kier molecular flexibility index (Phi) is 6.18. The number of rotatable bonds is 7. The standard InChI is InChI=1S/C17H30N2O/c1-6-15(18)16(14-10-8-9-13(3)11-14)19(7-2)12-17(4,5)20/h8-11,15-16,20H,6-7,12,18H2,1-5H3. The number of benzene rings is 1. The summed E-state index contributed by atoms with van der Waals surface area (Å²) in [5.41, 5.74) is 8.14. The minimum absolute atomic E-state index is 0.0686. The summed E-state index contributed by atoms with van der Waals surface area (Å²) in [6, 6.07) is 8.74. The highest BCUT2D eigenvalue weighted by molar-refractivity contribution is 5.26. The Labute approximate surface area is 123 Å². The molecule has 3 nitrogen and oxygen atoms in total. The van der Waals surface area contributed by atoms with Crippen molar-refractivity contribution < 1.29 is 5.11 Å². The second-order valence-electron chi connectivity index (χ2n) is 6.31. The zero-order chi connectivity index (χ0) is 15.3. The molecule has 0 spiro atoms. The van der Waals surface area contributed by atoms with Crippen LogP contribution in [0.15, 0.2) is 24.3 Å². The first kappa shape index (κ1) is 17.2. The van der Waals surface area contributed by atoms with Gasteiger partial charge in [-0.05, 0) is 39.3 Å². The Balaban J connectivity index is 3.10. The average molecular weight is 278 g/mol. The summed E-state index contributed by atoms with van der Waals surface area (Å²) in [5.74, 6) is 0. The molecular formula is C17H30N2O. The lowest BCUT2D eigenvalue weighted by Crippen LogP contribution is -2.46. The maximum absolute atomic E-state index is 10.1. The van der Waals surface area contributed by atoms with Crippen molar-refractivity contribution in [1.29, 1.82) is 0 Å². The first-order chi connectivity index (χ1) is 9.28. The van der Waals surface area contributed by atoms with Crippen LogP contribution in [-0.2, 0) is 0 Å². The summed E-state index contributed by atoms with van der Waals surface area (Å²) >= 11 is 0. The third kappa shape index (κ3) is 4.89. The van der Waals surface area contributed by atoms with Gasteiger partial charge in [0.25, 0.3) is 0 Å². The SMILES string of the molecule is CCC(N)C(c1cccc(C)c1)N(CC)CC(C)(C)O. The number of hydrogen-bond acceptors (Lipinski definition) is 3. The van der Waals surface area contributed by atoms with Crippen molar-refractivity contribution in [2.45, 2.75) is 58.7 Å². The largest absolute Gasteiger partial charge is 0.389 e. The molecule has 20 heavy (non-hydrogen) atoms. The van der Waals surface area contributed by atoms with E-state index in [2.05, 4.69) is 49.9 Å². The molecule has 0 aliphatic heterocycles. The second kappa shape index (κ2) is 7.21. The van der Waals surface area contributed by atoms with Gasteiger partial charge in [0.15, 0.2) is 0 Å². The van der Waals surface area contributed by atoms with Crippen molar-refractivity contribution in [3.8, 4) is 0 Å². The molecule has 3 heteroatoms. The van der Waals surface area contributed by atoms with Gasteiger partial charge in [-0.2, -0.15) is 0 Å². The molecular weight excluding hydrogens is 248 g/mol. The van der Waals surface area contributed by atoms with Crippen molar-refractivity contribution in [3.63, 3.8) is 0 Å². The van der Waals surface area contributed by atoms with Gasteiger partial charge in [-0.3, -0.25) is 4.90 Å². The molecule has 1 aromatic carbocycles. The van der Waals surface area contributed by atoms with Crippen LogP contribution in [-0.4, -0.2) is 34.7 Å². The van der Waals surface area contributed by atoms with Crippen LogP contribution in [0.3, 0.4) is 0 Å². The van der Waals surface area contributed by atoms with Crippen LogP contribution >= 0.6 is 0 Å². The molecule has 0 saturated heterocycles. The lowest BCUT2D eigenvalue weighted by atomic mass is 9.94. The first-order valence-electron chi connectivity index (χ1n) is 7.57. The lowest BCUT2D eigenvalue weighted by molar-refractivity contribution is 0.0174. The zero-order valence-electron chi connectivity index (χ0n) is 13.6. The van der Waals surface area contributed by atoms with Crippen molar-refractivity contribution in [3.05, 3.63) is 35.4 Å². The Morgan fingerprint density at radius 3 is 2.40 bits per heavy atom. The molecule has 0 radical (unpaired) electrons. The van der Waals surface area contributed by atoms with Crippen LogP contribution in [0.1, 0.15) is 51.3 Å². The van der Waals surface area contributed by atoms with Crippen LogP contribution in [0.2, 0.25) is 0 Å². The summed E-state index contributed by atoms with van der Waals surface area (Å²) in [7, 11) is 0. The third-order valence-corrected chi connectivity index (χ3v) is 3.65. The second-order valence-corrected chi connectivity index (χ2v) is 6.31. The van der Waals surface area contributed by atoms with Gasteiger partial charge in [-0.1, -0.05) is 43.7 Å². The van der Waals surface area contributed by atoms with Crippen LogP contribution < -0.4 is 5.73 Å². The molecule has 0 aromatic heterocycles. The maximum Gasteiger partial charge on any atom is 0.0718 e. The van der Waals surface area contributed by atoms with Gasteiger partial charge >= 0.3 is 0 Å². The van der Waals surface area contributed by atoms with E-state index < -0.39 is 5.60 Å². The van der Waals surface area contributed by atoms with E-state index in [-0.39, 0.29) is 12.1 Å². The molecule has 0 heterocycles. The van der Waals surface area contributed by atoms with Crippen LogP contribution in [0.25, 0.3) is 0 Å². The Morgan fingerprint density at radius 1 is 1.30 bits per heavy atom. The zero-order valence-corrected chi connectivity index (χ0v) is 13.6. The number of aliphatic hydroxyl groups is 1. The number of hydrogen-bond donors (Lipinski definition) is 2. The van der Waals surface area contributed by atoms with Crippen LogP contribution in [0.4, 0.5) is 0 Å². The van der Waals surface area contributed by atoms with Crippen LogP contribution in [0, 0.1) is 6.92 Å². The van der Waals surface area contributed by atoms with Crippen molar-refractivity contribution >= 4 is 0 Å². The highest BCUT2D eigenvalue weighted by atomic mass is 16.3. The highest BCUT2D eigenvalue weighted by Crippen LogP contribution is 2.27. The van der Waals surface area contributed by atoms with Gasteiger partial charge in [-0.15, -0.1) is 0 Å². The molecule has 0 fully saturated rings. The van der Waals surface area contributed by atoms with Gasteiger partial charge < -0.3 is 10.8 Å². The number of likely N-dealkylation sites (N-methyl/N-ethyl adjacent to an activating group) is 1. The molecule has 0 aliphatic rings. The summed E-state index contributed by atoms with van der Waals surface area (Å²) < 4.78 is 0. The quantitative estimate of drug-likeness (QED) is 0.806. The number of aryl methyl sites for hydroxylation is 1. The van der Waals surface area contributed by atoms with E-state index in [9.17, 15) is 5.11 Å². The third-order valence-electron chi connectivity index (χ3n) is 3.65. The van der Waals surface area contributed by atoms with Gasteiger partial charge in [0, 0.05) is 18.6 Å². The first-order valence-corrected chi connectivity index (χ1v) is 7.57. The predicted molar refractivity (Wildman–Crippen MR) is 85.7 cm³/mol. The Hall–Kier alpha value is -0.900. The number of nitrogens with two attached hydrogens (primary N) is 1. The van der Waals surface area contributed by atoms with E-state index in [0.29, 0.717) is 6.54 Å². The minimum Gasteiger partial charge on any atom is -0.389 e. The summed E-state index contributed by atoms with van der Waals surface area (Å²) in [4.78, 5) is 2.28. The Bertz CT molecular complexity index is 412. The normalized spacial score (nSPS) is 15.4. The highest BCUT2D eigenvalue weighted by Gasteiger charge is 2.28. The maximum atomic E-state index is 10.1. The molecule has 3 N–H and O–H groups in total. The fraction of sp³-hybridized carbons (Fsp3) is 0.647. The molecule has 0 saturated carbocycles. The molecule has 0 amide bonds. The van der Waals surface area contributed by atoms with Crippen molar-refractivity contribution in [2.24, 2.45) is 5.73 Å². The van der Waals surface area contributed by atoms with E-state index in [0.717, 1.165) is 13.0 Å². The number of nitrogens with zero attached hydrogens (tertiary/aromatic N) is 1. The van der Waals surface area contributed by atoms with Gasteiger partial charge in [0.2, 0.25) is 0 Å². The fourth-order valence-electron chi connectivity index (χ4n) is 2.71. The van der Waals surface area contributed by atoms with Crippen molar-refractivity contribution in [2.75, 3.05) is 13.1 Å². The van der Waals surface area contributed by atoms with Gasteiger partial charge in [0.1, 0.15) is 0 Å². The van der Waals surface area contributed by atoms with Gasteiger partial charge in [0.05, 0.1) is 5.60 Å². The summed E-state index contributed by atoms with van der Waals surface area (Å²) in [6.45, 7) is 11.5. The molecule has 1 aromatic rings. The van der Waals surface area contributed by atoms with Crippen molar-refractivity contribution in [1.82, 2.24) is 4.90 Å². The van der Waals surface area contributed by atoms with Crippen LogP contribution in [0.5, 0.6) is 0 Å². The molecule has 0 bridgehead atoms. The smallest absolute Gasteiger partial charge is 0.0718 e. The molecule has 114 valence electrons. The average Bonchev–Trinajstić information content (AvgIpc) is 2.36. The molecule has 1 rings (SSSR count). The predicted octanol–water partition coefficient (Wildman–Crippen LogP) is 2.87. The monoisotopic (exact) mass is 278 g/mol. The van der Waals surface area contributed by atoms with E-state index in [1.165, 1.54) is 11.1 Å². The van der Waals surface area contributed by atoms with E-state index in [1.807, 2.05) is 13.8 Å². The van der Waals surface area contributed by atoms with Gasteiger partial charge in [-0.25, -0.2) is 0 Å². The molecule has 2 unspecified atom stereocenters. The van der Waals surface area contributed by atoms with E-state index in [1.54, 1.807) is 0 Å². The summed E-state index contributed by atoms with van der Waals surface area (Å²) in [6.07, 6.45) is 0.918. The van der Waals surface area contributed by atoms with E-state index in [4.69, 9.17) is 5.73 Å². The minimum atomic E-state index is -0.717. The topological polar surface area (TPSA) is 49.5 Å². The molecule has 2 atom stereocenters. The Morgan fingerprint density at radius 2 is 1.95 bits per heavy atom. The summed E-state index contributed by atoms with van der Waals surface area (Å²) in [5, 5.41) is 10.1. The fourth-order valence-corrected chi connectivity index (χ4v) is 2.71.